The molecule has 1 aromatic rings. The van der Waals surface area contributed by atoms with E-state index in [1.54, 1.807) is 6.26 Å². The van der Waals surface area contributed by atoms with Gasteiger partial charge in [-0.25, -0.2) is 0 Å². The van der Waals surface area contributed by atoms with E-state index in [2.05, 4.69) is 17.1 Å². The van der Waals surface area contributed by atoms with Gasteiger partial charge in [0.05, 0.1) is 12.3 Å². The summed E-state index contributed by atoms with van der Waals surface area (Å²) in [6, 6.07) is 5.21. The van der Waals surface area contributed by atoms with Crippen LogP contribution in [0.4, 0.5) is 0 Å². The molecule has 2 fully saturated rings. The molecule has 3 nitrogen and oxygen atoms in total. The molecular weight excluding hydrogens is 236 g/mol. The highest BCUT2D eigenvalue weighted by atomic mass is 16.3. The van der Waals surface area contributed by atoms with Gasteiger partial charge >= 0.3 is 0 Å². The second kappa shape index (κ2) is 6.10. The van der Waals surface area contributed by atoms with E-state index in [9.17, 15) is 0 Å². The lowest BCUT2D eigenvalue weighted by Gasteiger charge is -2.38. The number of furan rings is 1. The second-order valence-corrected chi connectivity index (χ2v) is 6.13. The van der Waals surface area contributed by atoms with E-state index < -0.39 is 0 Å². The summed E-state index contributed by atoms with van der Waals surface area (Å²) in [5, 5.41) is 3.58. The molecule has 106 valence electrons. The summed E-state index contributed by atoms with van der Waals surface area (Å²) in [5.41, 5.74) is 0. The molecule has 1 saturated carbocycles. The van der Waals surface area contributed by atoms with Crippen LogP contribution < -0.4 is 5.32 Å². The zero-order valence-corrected chi connectivity index (χ0v) is 12.0. The number of hydrogen-bond acceptors (Lipinski definition) is 3. The molecule has 1 aromatic heterocycles. The Hall–Kier alpha value is -0.800. The van der Waals surface area contributed by atoms with E-state index in [0.29, 0.717) is 6.04 Å². The maximum atomic E-state index is 5.43. The number of rotatable bonds is 5. The van der Waals surface area contributed by atoms with E-state index in [1.807, 2.05) is 12.1 Å². The lowest BCUT2D eigenvalue weighted by molar-refractivity contribution is 0.113. The molecule has 19 heavy (non-hydrogen) atoms. The Morgan fingerprint density at radius 2 is 2.26 bits per heavy atom. The first kappa shape index (κ1) is 13.2. The summed E-state index contributed by atoms with van der Waals surface area (Å²) in [5.74, 6) is 2.04. The smallest absolute Gasteiger partial charge is 0.120 e. The standard InChI is InChI=1S/C16H26N2O/c1-13(16-8-4-12-19-16)17-9-11-18-10-3-6-14-5-2-7-15(14)18/h4,8,12-15,17H,2-3,5-7,9-11H2,1H3. The van der Waals surface area contributed by atoms with Crippen LogP contribution >= 0.6 is 0 Å². The van der Waals surface area contributed by atoms with Gasteiger partial charge in [0.15, 0.2) is 0 Å². The van der Waals surface area contributed by atoms with Gasteiger partial charge in [-0.15, -0.1) is 0 Å². The largest absolute Gasteiger partial charge is 0.468 e. The molecule has 1 aliphatic carbocycles. The molecule has 0 spiro atoms. The van der Waals surface area contributed by atoms with Crippen LogP contribution in [0, 0.1) is 5.92 Å². The zero-order valence-electron chi connectivity index (χ0n) is 12.0. The zero-order chi connectivity index (χ0) is 13.1. The topological polar surface area (TPSA) is 28.4 Å². The van der Waals surface area contributed by atoms with Crippen LogP contribution in [0.1, 0.15) is 50.8 Å². The molecule has 1 aliphatic heterocycles. The van der Waals surface area contributed by atoms with Gasteiger partial charge in [-0.05, 0) is 57.2 Å². The highest BCUT2D eigenvalue weighted by Gasteiger charge is 2.34. The molecule has 0 amide bonds. The first-order valence-corrected chi connectivity index (χ1v) is 7.85. The Bertz CT molecular complexity index is 376. The Morgan fingerprint density at radius 3 is 3.11 bits per heavy atom. The van der Waals surface area contributed by atoms with Gasteiger partial charge in [0, 0.05) is 19.1 Å². The molecule has 3 heteroatoms. The van der Waals surface area contributed by atoms with Crippen molar-refractivity contribution < 1.29 is 4.42 Å². The molecule has 0 radical (unpaired) electrons. The van der Waals surface area contributed by atoms with Gasteiger partial charge in [0.2, 0.25) is 0 Å². The van der Waals surface area contributed by atoms with Crippen LogP contribution in [0.25, 0.3) is 0 Å². The Kier molecular flexibility index (Phi) is 4.24. The van der Waals surface area contributed by atoms with Crippen LogP contribution in [0.2, 0.25) is 0 Å². The minimum Gasteiger partial charge on any atom is -0.468 e. The average Bonchev–Trinajstić information content (AvgIpc) is 3.10. The lowest BCUT2D eigenvalue weighted by Crippen LogP contribution is -2.45. The molecular formula is C16H26N2O. The minimum atomic E-state index is 0.319. The Labute approximate surface area is 116 Å². The monoisotopic (exact) mass is 262 g/mol. The molecule has 1 saturated heterocycles. The fourth-order valence-corrected chi connectivity index (χ4v) is 3.90. The number of piperidine rings is 1. The molecule has 3 rings (SSSR count). The number of fused-ring (bicyclic) bond motifs is 1. The first-order valence-electron chi connectivity index (χ1n) is 7.85. The number of nitrogens with zero attached hydrogens (tertiary/aromatic N) is 1. The Balaban J connectivity index is 1.44. The third-order valence-electron chi connectivity index (χ3n) is 4.93. The SMILES string of the molecule is CC(NCCN1CCCC2CCCC21)c1ccco1. The predicted molar refractivity (Wildman–Crippen MR) is 77.1 cm³/mol. The molecule has 1 N–H and O–H groups in total. The normalized spacial score (nSPS) is 29.3. The Morgan fingerprint density at radius 1 is 1.37 bits per heavy atom. The maximum Gasteiger partial charge on any atom is 0.120 e. The van der Waals surface area contributed by atoms with E-state index in [0.717, 1.165) is 24.3 Å². The van der Waals surface area contributed by atoms with E-state index in [1.165, 1.54) is 45.2 Å². The fraction of sp³-hybridized carbons (Fsp3) is 0.750. The third-order valence-corrected chi connectivity index (χ3v) is 4.93. The van der Waals surface area contributed by atoms with Crippen molar-refractivity contribution in [1.29, 1.82) is 0 Å². The van der Waals surface area contributed by atoms with E-state index in [4.69, 9.17) is 4.42 Å². The van der Waals surface area contributed by atoms with Gasteiger partial charge in [-0.2, -0.15) is 0 Å². The molecule has 2 aliphatic rings. The molecule has 3 atom stereocenters. The van der Waals surface area contributed by atoms with Crippen LogP contribution in [0.15, 0.2) is 22.8 Å². The van der Waals surface area contributed by atoms with Gasteiger partial charge in [-0.1, -0.05) is 6.42 Å². The van der Waals surface area contributed by atoms with Gasteiger partial charge in [0.1, 0.15) is 5.76 Å². The van der Waals surface area contributed by atoms with Crippen molar-refractivity contribution in [2.45, 2.75) is 51.1 Å². The molecule has 2 heterocycles. The highest BCUT2D eigenvalue weighted by molar-refractivity contribution is 5.02. The summed E-state index contributed by atoms with van der Waals surface area (Å²) in [6.07, 6.45) is 8.96. The maximum absolute atomic E-state index is 5.43. The average molecular weight is 262 g/mol. The molecule has 0 aromatic carbocycles. The van der Waals surface area contributed by atoms with Crippen molar-refractivity contribution in [3.63, 3.8) is 0 Å². The quantitative estimate of drug-likeness (QED) is 0.883. The lowest BCUT2D eigenvalue weighted by atomic mass is 9.92. The number of hydrogen-bond donors (Lipinski definition) is 1. The van der Waals surface area contributed by atoms with Crippen LogP contribution in [0.3, 0.4) is 0 Å². The number of nitrogens with one attached hydrogen (secondary N) is 1. The van der Waals surface area contributed by atoms with Crippen LogP contribution in [-0.4, -0.2) is 30.6 Å². The summed E-state index contributed by atoms with van der Waals surface area (Å²) in [4.78, 5) is 2.73. The van der Waals surface area contributed by atoms with Gasteiger partial charge in [0.25, 0.3) is 0 Å². The molecule has 0 bridgehead atoms. The van der Waals surface area contributed by atoms with Crippen molar-refractivity contribution in [3.8, 4) is 0 Å². The second-order valence-electron chi connectivity index (χ2n) is 6.13. The van der Waals surface area contributed by atoms with Crippen molar-refractivity contribution in [2.75, 3.05) is 19.6 Å². The van der Waals surface area contributed by atoms with Gasteiger partial charge < -0.3 is 9.73 Å². The fourth-order valence-electron chi connectivity index (χ4n) is 3.90. The summed E-state index contributed by atoms with van der Waals surface area (Å²) < 4.78 is 5.43. The predicted octanol–water partition coefficient (Wildman–Crippen LogP) is 3.19. The van der Waals surface area contributed by atoms with E-state index in [-0.39, 0.29) is 0 Å². The number of likely N-dealkylation sites (tertiary alicyclic amines) is 1. The van der Waals surface area contributed by atoms with Crippen LogP contribution in [-0.2, 0) is 0 Å². The van der Waals surface area contributed by atoms with Crippen LogP contribution in [0.5, 0.6) is 0 Å². The third kappa shape index (κ3) is 3.03. The summed E-state index contributed by atoms with van der Waals surface area (Å²) in [7, 11) is 0. The van der Waals surface area contributed by atoms with Gasteiger partial charge in [-0.3, -0.25) is 4.90 Å². The first-order chi connectivity index (χ1) is 9.34. The van der Waals surface area contributed by atoms with Crippen molar-refractivity contribution >= 4 is 0 Å². The summed E-state index contributed by atoms with van der Waals surface area (Å²) in [6.45, 7) is 5.72. The highest BCUT2D eigenvalue weighted by Crippen LogP contribution is 2.36. The summed E-state index contributed by atoms with van der Waals surface area (Å²) >= 11 is 0. The molecule has 3 unspecified atom stereocenters. The van der Waals surface area contributed by atoms with Crippen molar-refractivity contribution in [3.05, 3.63) is 24.2 Å². The minimum absolute atomic E-state index is 0.319. The van der Waals surface area contributed by atoms with Crippen molar-refractivity contribution in [2.24, 2.45) is 5.92 Å². The van der Waals surface area contributed by atoms with Crippen molar-refractivity contribution in [1.82, 2.24) is 10.2 Å². The van der Waals surface area contributed by atoms with E-state index >= 15 is 0 Å².